The molecule has 0 saturated heterocycles. The fourth-order valence-electron chi connectivity index (χ4n) is 0.399. The molecule has 1 unspecified atom stereocenters. The molecule has 0 heterocycles. The summed E-state index contributed by atoms with van der Waals surface area (Å²) in [6.07, 6.45) is 4.18. The minimum atomic E-state index is -0.527. The molecule has 0 aromatic heterocycles. The van der Waals surface area contributed by atoms with Gasteiger partial charge in [-0.1, -0.05) is 12.2 Å². The average molecular weight is 128 g/mol. The summed E-state index contributed by atoms with van der Waals surface area (Å²) >= 11 is 0. The van der Waals surface area contributed by atoms with E-state index in [1.165, 1.54) is 0 Å². The second kappa shape index (κ2) is 4.09. The van der Waals surface area contributed by atoms with Gasteiger partial charge in [-0.2, -0.15) is 0 Å². The largest absolute Gasteiger partial charge is 0.368 e. The molecule has 0 aliphatic heterocycles. The van der Waals surface area contributed by atoms with Gasteiger partial charge in [0.05, 0.1) is 6.04 Å². The smallest absolute Gasteiger partial charge is 0.234 e. The molecule has 1 atom stereocenters. The van der Waals surface area contributed by atoms with Crippen molar-refractivity contribution in [1.82, 2.24) is 0 Å². The Kier molecular flexibility index (Phi) is 3.71. The van der Waals surface area contributed by atoms with E-state index < -0.39 is 11.9 Å². The maximum absolute atomic E-state index is 10.3. The van der Waals surface area contributed by atoms with Crippen molar-refractivity contribution in [3.8, 4) is 0 Å². The summed E-state index contributed by atoms with van der Waals surface area (Å²) in [5.74, 6) is -0.451. The maximum atomic E-state index is 10.3. The van der Waals surface area contributed by atoms with Gasteiger partial charge in [0, 0.05) is 0 Å². The zero-order valence-electron chi connectivity index (χ0n) is 5.50. The van der Waals surface area contributed by atoms with Gasteiger partial charge in [0.25, 0.3) is 0 Å². The van der Waals surface area contributed by atoms with E-state index in [0.29, 0.717) is 6.42 Å². The van der Waals surface area contributed by atoms with Crippen molar-refractivity contribution in [2.75, 3.05) is 0 Å². The summed E-state index contributed by atoms with van der Waals surface area (Å²) in [6.45, 7) is 1.87. The van der Waals surface area contributed by atoms with E-state index in [9.17, 15) is 4.79 Å². The van der Waals surface area contributed by atoms with E-state index in [0.717, 1.165) is 0 Å². The molecule has 1 amide bonds. The van der Waals surface area contributed by atoms with E-state index in [4.69, 9.17) is 11.5 Å². The van der Waals surface area contributed by atoms with E-state index in [1.54, 1.807) is 0 Å². The summed E-state index contributed by atoms with van der Waals surface area (Å²) in [4.78, 5) is 10.3. The Morgan fingerprint density at radius 3 is 2.67 bits per heavy atom. The second-order valence-corrected chi connectivity index (χ2v) is 1.81. The first kappa shape index (κ1) is 8.17. The lowest BCUT2D eigenvalue weighted by atomic mass is 10.2. The van der Waals surface area contributed by atoms with Crippen LogP contribution in [0, 0.1) is 0 Å². The lowest BCUT2D eigenvalue weighted by Crippen LogP contribution is -2.35. The predicted octanol–water partition coefficient (Wildman–Crippen LogP) is -0.235. The van der Waals surface area contributed by atoms with Crippen LogP contribution in [0.3, 0.4) is 0 Å². The van der Waals surface area contributed by atoms with Crippen molar-refractivity contribution in [3.63, 3.8) is 0 Å². The second-order valence-electron chi connectivity index (χ2n) is 1.81. The lowest BCUT2D eigenvalue weighted by Gasteiger charge is -2.00. The Morgan fingerprint density at radius 2 is 2.33 bits per heavy atom. The van der Waals surface area contributed by atoms with E-state index >= 15 is 0 Å². The SMILES string of the molecule is C/C=C/CC(N)C(N)=O. The summed E-state index contributed by atoms with van der Waals surface area (Å²) in [5.41, 5.74) is 10.2. The Hall–Kier alpha value is -0.830. The number of carbonyl (C=O) groups is 1. The number of carbonyl (C=O) groups excluding carboxylic acids is 1. The van der Waals surface area contributed by atoms with Gasteiger partial charge in [-0.3, -0.25) is 4.79 Å². The molecule has 0 rings (SSSR count). The third-order valence-electron chi connectivity index (χ3n) is 0.991. The number of allylic oxidation sites excluding steroid dienone is 1. The molecule has 0 spiro atoms. The van der Waals surface area contributed by atoms with E-state index in [2.05, 4.69) is 0 Å². The highest BCUT2D eigenvalue weighted by Gasteiger charge is 2.04. The number of primary amides is 1. The molecule has 0 saturated carbocycles. The van der Waals surface area contributed by atoms with Crippen LogP contribution < -0.4 is 11.5 Å². The number of hydrogen-bond acceptors (Lipinski definition) is 2. The molecule has 9 heavy (non-hydrogen) atoms. The highest BCUT2D eigenvalue weighted by atomic mass is 16.1. The van der Waals surface area contributed by atoms with Crippen molar-refractivity contribution in [3.05, 3.63) is 12.2 Å². The Bertz CT molecular complexity index is 120. The number of nitrogens with two attached hydrogens (primary N) is 2. The van der Waals surface area contributed by atoms with E-state index in [-0.39, 0.29) is 0 Å². The first-order chi connectivity index (χ1) is 4.18. The molecule has 0 aliphatic rings. The molecule has 0 aromatic carbocycles. The van der Waals surface area contributed by atoms with E-state index in [1.807, 2.05) is 19.1 Å². The molecule has 0 aliphatic carbocycles. The van der Waals surface area contributed by atoms with Crippen LogP contribution >= 0.6 is 0 Å². The fraction of sp³-hybridized carbons (Fsp3) is 0.500. The van der Waals surface area contributed by atoms with Gasteiger partial charge in [-0.25, -0.2) is 0 Å². The molecule has 0 radical (unpaired) electrons. The quantitative estimate of drug-likeness (QED) is 0.515. The molecule has 3 heteroatoms. The average Bonchev–Trinajstić information content (AvgIpc) is 1.82. The maximum Gasteiger partial charge on any atom is 0.234 e. The summed E-state index contributed by atoms with van der Waals surface area (Å²) in [6, 6.07) is -0.527. The van der Waals surface area contributed by atoms with Crippen LogP contribution in [0.1, 0.15) is 13.3 Å². The molecule has 3 nitrogen and oxygen atoms in total. The zero-order chi connectivity index (χ0) is 7.28. The molecule has 4 N–H and O–H groups in total. The zero-order valence-corrected chi connectivity index (χ0v) is 5.50. The van der Waals surface area contributed by atoms with Gasteiger partial charge in [-0.15, -0.1) is 0 Å². The predicted molar refractivity (Wildman–Crippen MR) is 36.6 cm³/mol. The van der Waals surface area contributed by atoms with Gasteiger partial charge in [0.1, 0.15) is 0 Å². The van der Waals surface area contributed by atoms with Crippen LogP contribution in [0.5, 0.6) is 0 Å². The highest BCUT2D eigenvalue weighted by molar-refractivity contribution is 5.79. The number of amides is 1. The van der Waals surface area contributed by atoms with Gasteiger partial charge in [0.15, 0.2) is 0 Å². The summed E-state index contributed by atoms with van der Waals surface area (Å²) in [7, 11) is 0. The van der Waals surface area contributed by atoms with Gasteiger partial charge in [0.2, 0.25) is 5.91 Å². The normalized spacial score (nSPS) is 14.0. The third kappa shape index (κ3) is 3.73. The lowest BCUT2D eigenvalue weighted by molar-refractivity contribution is -0.119. The van der Waals surface area contributed by atoms with Crippen molar-refractivity contribution in [2.24, 2.45) is 11.5 Å². The molecule has 52 valence electrons. The van der Waals surface area contributed by atoms with Crippen LogP contribution in [0.25, 0.3) is 0 Å². The van der Waals surface area contributed by atoms with Crippen LogP contribution in [0.2, 0.25) is 0 Å². The highest BCUT2D eigenvalue weighted by Crippen LogP contribution is 1.87. The van der Waals surface area contributed by atoms with Gasteiger partial charge in [-0.05, 0) is 13.3 Å². The topological polar surface area (TPSA) is 69.1 Å². The minimum Gasteiger partial charge on any atom is -0.368 e. The van der Waals surface area contributed by atoms with Gasteiger partial charge >= 0.3 is 0 Å². The first-order valence-electron chi connectivity index (χ1n) is 2.84. The van der Waals surface area contributed by atoms with Crippen molar-refractivity contribution < 1.29 is 4.79 Å². The molecule has 0 fully saturated rings. The van der Waals surface area contributed by atoms with Crippen molar-refractivity contribution in [2.45, 2.75) is 19.4 Å². The Labute approximate surface area is 54.7 Å². The Balaban J connectivity index is 3.50. The molecule has 0 bridgehead atoms. The monoisotopic (exact) mass is 128 g/mol. The molecular weight excluding hydrogens is 116 g/mol. The molecule has 0 aromatic rings. The molecular formula is C6H12N2O. The summed E-state index contributed by atoms with van der Waals surface area (Å²) in [5, 5.41) is 0. The van der Waals surface area contributed by atoms with Crippen LogP contribution in [0.15, 0.2) is 12.2 Å². The fourth-order valence-corrected chi connectivity index (χ4v) is 0.399. The Morgan fingerprint density at radius 1 is 1.78 bits per heavy atom. The standard InChI is InChI=1S/C6H12N2O/c1-2-3-4-5(7)6(8)9/h2-3,5H,4,7H2,1H3,(H2,8,9)/b3-2+. The van der Waals surface area contributed by atoms with Crippen molar-refractivity contribution in [1.29, 1.82) is 0 Å². The number of hydrogen-bond donors (Lipinski definition) is 2. The van der Waals surface area contributed by atoms with Crippen LogP contribution in [-0.4, -0.2) is 11.9 Å². The number of rotatable bonds is 3. The van der Waals surface area contributed by atoms with Crippen molar-refractivity contribution >= 4 is 5.91 Å². The first-order valence-corrected chi connectivity index (χ1v) is 2.84. The minimum absolute atomic E-state index is 0.451. The van der Waals surface area contributed by atoms with Crippen LogP contribution in [-0.2, 0) is 4.79 Å². The van der Waals surface area contributed by atoms with Crippen LogP contribution in [0.4, 0.5) is 0 Å². The van der Waals surface area contributed by atoms with Gasteiger partial charge < -0.3 is 11.5 Å². The third-order valence-corrected chi connectivity index (χ3v) is 0.991. The summed E-state index contributed by atoms with van der Waals surface area (Å²) < 4.78 is 0.